The molecule has 0 amide bonds. The molecule has 0 unspecified atom stereocenters. The molecule has 23 heavy (non-hydrogen) atoms. The van der Waals surface area contributed by atoms with Crippen LogP contribution in [0.3, 0.4) is 0 Å². The molecular weight excluding hydrogens is 294 g/mol. The van der Waals surface area contributed by atoms with Gasteiger partial charge in [0.05, 0.1) is 12.6 Å². The monoisotopic (exact) mass is 319 g/mol. The van der Waals surface area contributed by atoms with Crippen LogP contribution in [-0.2, 0) is 6.54 Å². The topological polar surface area (TPSA) is 71.7 Å². The van der Waals surface area contributed by atoms with Crippen LogP contribution in [0.4, 0.5) is 0 Å². The fourth-order valence-electron chi connectivity index (χ4n) is 2.88. The molecule has 1 heterocycles. The van der Waals surface area contributed by atoms with Crippen LogP contribution in [0.25, 0.3) is 10.9 Å². The van der Waals surface area contributed by atoms with Crippen molar-refractivity contribution in [2.24, 2.45) is 0 Å². The van der Waals surface area contributed by atoms with E-state index in [0.717, 1.165) is 19.3 Å². The molecule has 0 fully saturated rings. The minimum atomic E-state index is -0.478. The second-order valence-corrected chi connectivity index (χ2v) is 5.81. The molecule has 1 aromatic carbocycles. The van der Waals surface area contributed by atoms with Gasteiger partial charge in [-0.15, -0.1) is 0 Å². The smallest absolute Gasteiger partial charge is 0.297 e. The van der Waals surface area contributed by atoms with E-state index in [1.807, 2.05) is 0 Å². The first-order chi connectivity index (χ1) is 11.1. The summed E-state index contributed by atoms with van der Waals surface area (Å²) in [5.74, 6) is -0.137. The van der Waals surface area contributed by atoms with E-state index in [4.69, 9.17) is 4.74 Å². The Morgan fingerprint density at radius 1 is 1.09 bits per heavy atom. The van der Waals surface area contributed by atoms with Crippen molar-refractivity contribution < 1.29 is 14.9 Å². The van der Waals surface area contributed by atoms with Gasteiger partial charge in [0.15, 0.2) is 5.75 Å². The number of aryl methyl sites for hydroxylation is 1. The molecular formula is C18H25NO4. The maximum atomic E-state index is 12.4. The third-order valence-electron chi connectivity index (χ3n) is 4.12. The molecule has 0 aliphatic carbocycles. The molecule has 126 valence electrons. The summed E-state index contributed by atoms with van der Waals surface area (Å²) in [6.07, 6.45) is 6.70. The number of aromatic hydroxyl groups is 2. The highest BCUT2D eigenvalue weighted by atomic mass is 16.5. The van der Waals surface area contributed by atoms with Gasteiger partial charge in [0.2, 0.25) is 5.75 Å². The molecule has 0 atom stereocenters. The van der Waals surface area contributed by atoms with Crippen molar-refractivity contribution in [2.75, 3.05) is 7.11 Å². The largest absolute Gasteiger partial charge is 0.508 e. The van der Waals surface area contributed by atoms with Crippen LogP contribution in [0.2, 0.25) is 0 Å². The fraction of sp³-hybridized carbons (Fsp3) is 0.500. The molecule has 5 nitrogen and oxygen atoms in total. The minimum absolute atomic E-state index is 0.0846. The number of methoxy groups -OCH3 is 1. The zero-order valence-electron chi connectivity index (χ0n) is 13.8. The number of hydrogen-bond donors (Lipinski definition) is 2. The van der Waals surface area contributed by atoms with Crippen LogP contribution in [0.15, 0.2) is 23.0 Å². The van der Waals surface area contributed by atoms with E-state index < -0.39 is 5.56 Å². The molecule has 0 aliphatic heterocycles. The maximum Gasteiger partial charge on any atom is 0.297 e. The van der Waals surface area contributed by atoms with Crippen molar-refractivity contribution in [1.82, 2.24) is 4.57 Å². The van der Waals surface area contributed by atoms with E-state index in [9.17, 15) is 15.0 Å². The van der Waals surface area contributed by atoms with E-state index in [1.165, 1.54) is 43.1 Å². The van der Waals surface area contributed by atoms with Gasteiger partial charge in [-0.3, -0.25) is 4.79 Å². The number of fused-ring (bicyclic) bond motifs is 1. The highest BCUT2D eigenvalue weighted by molar-refractivity contribution is 5.88. The quantitative estimate of drug-likeness (QED) is 0.726. The minimum Gasteiger partial charge on any atom is -0.508 e. The zero-order chi connectivity index (χ0) is 16.8. The lowest BCUT2D eigenvalue weighted by Gasteiger charge is -2.14. The third-order valence-corrected chi connectivity index (χ3v) is 4.12. The predicted octanol–water partition coefficient (Wildman–Crippen LogP) is 3.78. The lowest BCUT2D eigenvalue weighted by molar-refractivity contribution is 0.370. The van der Waals surface area contributed by atoms with Gasteiger partial charge in [0.1, 0.15) is 5.75 Å². The molecule has 2 N–H and O–H groups in total. The van der Waals surface area contributed by atoms with Crippen molar-refractivity contribution in [3.63, 3.8) is 0 Å². The molecule has 0 saturated carbocycles. The number of nitrogens with zero attached hydrogens (tertiary/aromatic N) is 1. The summed E-state index contributed by atoms with van der Waals surface area (Å²) in [5.41, 5.74) is 0.103. The van der Waals surface area contributed by atoms with Crippen LogP contribution < -0.4 is 10.3 Å². The lowest BCUT2D eigenvalue weighted by atomic mass is 10.1. The number of aromatic nitrogens is 1. The zero-order valence-corrected chi connectivity index (χ0v) is 13.8. The first-order valence-corrected chi connectivity index (χ1v) is 8.22. The Morgan fingerprint density at radius 2 is 1.78 bits per heavy atom. The van der Waals surface area contributed by atoms with Crippen LogP contribution in [0.1, 0.15) is 45.4 Å². The van der Waals surface area contributed by atoms with Crippen molar-refractivity contribution in [3.8, 4) is 17.2 Å². The number of hydrogen-bond acceptors (Lipinski definition) is 4. The SMILES string of the molecule is CCCCCCCCn1c(=O)c(O)c(OC)c2ccc(O)cc21. The Labute approximate surface area is 136 Å². The predicted molar refractivity (Wildman–Crippen MR) is 91.5 cm³/mol. The van der Waals surface area contributed by atoms with E-state index in [1.54, 1.807) is 6.07 Å². The van der Waals surface area contributed by atoms with Crippen LogP contribution in [0, 0.1) is 0 Å². The summed E-state index contributed by atoms with van der Waals surface area (Å²) in [6, 6.07) is 4.71. The molecule has 0 bridgehead atoms. The van der Waals surface area contributed by atoms with Gasteiger partial charge in [-0.25, -0.2) is 0 Å². The average molecular weight is 319 g/mol. The van der Waals surface area contributed by atoms with E-state index in [-0.39, 0.29) is 17.2 Å². The molecule has 0 spiro atoms. The normalized spacial score (nSPS) is 11.0. The summed E-state index contributed by atoms with van der Waals surface area (Å²) in [7, 11) is 1.42. The van der Waals surface area contributed by atoms with Crippen molar-refractivity contribution in [3.05, 3.63) is 28.6 Å². The Kier molecular flexibility index (Phi) is 5.90. The second kappa shape index (κ2) is 7.90. The van der Waals surface area contributed by atoms with Crippen LogP contribution >= 0.6 is 0 Å². The summed E-state index contributed by atoms with van der Waals surface area (Å²) in [5, 5.41) is 20.4. The molecule has 1 aromatic heterocycles. The highest BCUT2D eigenvalue weighted by Gasteiger charge is 2.16. The molecule has 5 heteroatoms. The summed E-state index contributed by atoms with van der Waals surface area (Å²) >= 11 is 0. The summed E-state index contributed by atoms with van der Waals surface area (Å²) in [4.78, 5) is 12.4. The number of benzene rings is 1. The molecule has 0 aliphatic rings. The molecule has 0 saturated heterocycles. The van der Waals surface area contributed by atoms with Gasteiger partial charge in [0, 0.05) is 18.0 Å². The van der Waals surface area contributed by atoms with E-state index >= 15 is 0 Å². The van der Waals surface area contributed by atoms with Crippen molar-refractivity contribution in [1.29, 1.82) is 0 Å². The maximum absolute atomic E-state index is 12.4. The molecule has 0 radical (unpaired) electrons. The highest BCUT2D eigenvalue weighted by Crippen LogP contribution is 2.33. The van der Waals surface area contributed by atoms with E-state index in [0.29, 0.717) is 17.4 Å². The van der Waals surface area contributed by atoms with Gasteiger partial charge >= 0.3 is 0 Å². The van der Waals surface area contributed by atoms with Crippen molar-refractivity contribution >= 4 is 10.9 Å². The summed E-state index contributed by atoms with van der Waals surface area (Å²) in [6.45, 7) is 2.70. The number of phenols is 1. The fourth-order valence-corrected chi connectivity index (χ4v) is 2.88. The lowest BCUT2D eigenvalue weighted by Crippen LogP contribution is -2.21. The first kappa shape index (κ1) is 17.2. The Hall–Kier alpha value is -2.17. The number of unbranched alkanes of at least 4 members (excludes halogenated alkanes) is 5. The number of pyridine rings is 1. The van der Waals surface area contributed by atoms with Gasteiger partial charge < -0.3 is 19.5 Å². The second-order valence-electron chi connectivity index (χ2n) is 5.81. The van der Waals surface area contributed by atoms with Gasteiger partial charge in [-0.1, -0.05) is 39.0 Å². The molecule has 2 rings (SSSR count). The van der Waals surface area contributed by atoms with Crippen molar-refractivity contribution in [2.45, 2.75) is 52.0 Å². The number of ether oxygens (including phenoxy) is 1. The van der Waals surface area contributed by atoms with Gasteiger partial charge in [0.25, 0.3) is 5.56 Å². The van der Waals surface area contributed by atoms with Gasteiger partial charge in [-0.2, -0.15) is 0 Å². The number of phenolic OH excluding ortho intramolecular Hbond substituents is 1. The Balaban J connectivity index is 2.29. The Bertz CT molecular complexity index is 721. The van der Waals surface area contributed by atoms with Crippen LogP contribution in [0.5, 0.6) is 17.2 Å². The first-order valence-electron chi connectivity index (χ1n) is 8.22. The van der Waals surface area contributed by atoms with Crippen LogP contribution in [-0.4, -0.2) is 21.9 Å². The third kappa shape index (κ3) is 3.78. The summed E-state index contributed by atoms with van der Waals surface area (Å²) < 4.78 is 6.68. The van der Waals surface area contributed by atoms with E-state index in [2.05, 4.69) is 6.92 Å². The van der Waals surface area contributed by atoms with Gasteiger partial charge in [-0.05, 0) is 18.6 Å². The number of rotatable bonds is 8. The standard InChI is InChI=1S/C18H25NO4/c1-3-4-5-6-7-8-11-19-15-12-13(20)9-10-14(15)17(23-2)16(21)18(19)22/h9-10,12,20-21H,3-8,11H2,1-2H3. The average Bonchev–Trinajstić information content (AvgIpc) is 2.54. The molecule has 2 aromatic rings. The Morgan fingerprint density at radius 3 is 2.48 bits per heavy atom.